The average Bonchev–Trinajstić information content (AvgIpc) is 2.54. The first-order chi connectivity index (χ1) is 10.6. The van der Waals surface area contributed by atoms with Crippen molar-refractivity contribution in [3.63, 3.8) is 0 Å². The minimum atomic E-state index is -0.0761. The van der Waals surface area contributed by atoms with E-state index in [1.54, 1.807) is 13.2 Å². The van der Waals surface area contributed by atoms with E-state index in [0.29, 0.717) is 10.4 Å². The van der Waals surface area contributed by atoms with Gasteiger partial charge in [-0.1, -0.05) is 0 Å². The van der Waals surface area contributed by atoms with Crippen LogP contribution >= 0.6 is 15.9 Å². The Labute approximate surface area is 139 Å². The molecule has 2 fully saturated rings. The Kier molecular flexibility index (Phi) is 5.15. The molecular formula is C15H23BrN4O2. The van der Waals surface area contributed by atoms with Crippen LogP contribution < -0.4 is 10.5 Å². The summed E-state index contributed by atoms with van der Waals surface area (Å²) in [4.78, 5) is 16.8. The number of rotatable bonds is 3. The summed E-state index contributed by atoms with van der Waals surface area (Å²) in [7, 11) is 1.67. The van der Waals surface area contributed by atoms with Crippen LogP contribution in [0.25, 0.3) is 0 Å². The number of ether oxygens (including phenoxy) is 1. The number of aromatic nitrogens is 2. The molecule has 0 spiro atoms. The predicted molar refractivity (Wildman–Crippen MR) is 89.4 cm³/mol. The van der Waals surface area contributed by atoms with Crippen LogP contribution in [0.1, 0.15) is 12.8 Å². The van der Waals surface area contributed by atoms with Crippen molar-refractivity contribution in [2.24, 2.45) is 13.0 Å². The van der Waals surface area contributed by atoms with Gasteiger partial charge in [0.1, 0.15) is 4.47 Å². The van der Waals surface area contributed by atoms with Gasteiger partial charge in [0, 0.05) is 39.8 Å². The highest BCUT2D eigenvalue weighted by molar-refractivity contribution is 9.10. The summed E-state index contributed by atoms with van der Waals surface area (Å²) in [5.74, 6) is 0.641. The first-order valence-corrected chi connectivity index (χ1v) is 8.71. The number of piperidine rings is 1. The van der Waals surface area contributed by atoms with E-state index in [2.05, 4.69) is 30.8 Å². The fourth-order valence-corrected chi connectivity index (χ4v) is 3.91. The molecule has 7 heteroatoms. The summed E-state index contributed by atoms with van der Waals surface area (Å²) in [6.07, 6.45) is 4.21. The minimum Gasteiger partial charge on any atom is -0.379 e. The van der Waals surface area contributed by atoms with Gasteiger partial charge in [-0.2, -0.15) is 5.10 Å². The van der Waals surface area contributed by atoms with Crippen molar-refractivity contribution in [3.8, 4) is 0 Å². The number of morpholine rings is 1. The Morgan fingerprint density at radius 2 is 2.14 bits per heavy atom. The summed E-state index contributed by atoms with van der Waals surface area (Å²) in [5.41, 5.74) is 0.850. The van der Waals surface area contributed by atoms with Gasteiger partial charge in [-0.05, 0) is 34.7 Å². The molecule has 1 unspecified atom stereocenters. The van der Waals surface area contributed by atoms with Crippen LogP contribution in [0.3, 0.4) is 0 Å². The predicted octanol–water partition coefficient (Wildman–Crippen LogP) is 1.09. The highest BCUT2D eigenvalue weighted by Gasteiger charge is 2.25. The molecule has 3 heterocycles. The number of aryl methyl sites for hydroxylation is 1. The van der Waals surface area contributed by atoms with Gasteiger partial charge >= 0.3 is 0 Å². The quantitative estimate of drug-likeness (QED) is 0.796. The molecule has 0 amide bonds. The SMILES string of the molecule is Cn1ncc(N2CCCC(CN3CCOCC3)C2)c(Br)c1=O. The average molecular weight is 371 g/mol. The maximum Gasteiger partial charge on any atom is 0.282 e. The van der Waals surface area contributed by atoms with Gasteiger partial charge in [-0.25, -0.2) is 4.68 Å². The van der Waals surface area contributed by atoms with Gasteiger partial charge in [0.2, 0.25) is 0 Å². The van der Waals surface area contributed by atoms with Crippen molar-refractivity contribution in [1.29, 1.82) is 0 Å². The second kappa shape index (κ2) is 7.10. The molecule has 0 radical (unpaired) electrons. The molecule has 0 aliphatic carbocycles. The number of hydrogen-bond donors (Lipinski definition) is 0. The lowest BCUT2D eigenvalue weighted by Crippen LogP contribution is -2.45. The second-order valence-corrected chi connectivity index (χ2v) is 6.93. The van der Waals surface area contributed by atoms with Gasteiger partial charge in [0.15, 0.2) is 0 Å². The van der Waals surface area contributed by atoms with Crippen LogP contribution in [0.5, 0.6) is 0 Å². The fraction of sp³-hybridized carbons (Fsp3) is 0.733. The molecule has 0 bridgehead atoms. The zero-order chi connectivity index (χ0) is 15.5. The summed E-state index contributed by atoms with van der Waals surface area (Å²) in [5, 5.41) is 4.16. The molecule has 0 saturated carbocycles. The third-order valence-electron chi connectivity index (χ3n) is 4.54. The third-order valence-corrected chi connectivity index (χ3v) is 5.28. The Bertz CT molecular complexity index is 571. The Hall–Kier alpha value is -0.920. The first kappa shape index (κ1) is 16.0. The molecule has 1 atom stereocenters. The lowest BCUT2D eigenvalue weighted by Gasteiger charge is -2.38. The molecule has 2 saturated heterocycles. The maximum absolute atomic E-state index is 12.0. The lowest BCUT2D eigenvalue weighted by atomic mass is 9.97. The summed E-state index contributed by atoms with van der Waals surface area (Å²) in [6.45, 7) is 6.87. The highest BCUT2D eigenvalue weighted by Crippen LogP contribution is 2.27. The van der Waals surface area contributed by atoms with E-state index in [4.69, 9.17) is 4.74 Å². The van der Waals surface area contributed by atoms with Gasteiger partial charge in [-0.15, -0.1) is 0 Å². The van der Waals surface area contributed by atoms with E-state index in [1.165, 1.54) is 11.1 Å². The van der Waals surface area contributed by atoms with Crippen molar-refractivity contribution < 1.29 is 4.74 Å². The summed E-state index contributed by atoms with van der Waals surface area (Å²) < 4.78 is 7.40. The van der Waals surface area contributed by atoms with E-state index in [-0.39, 0.29) is 5.56 Å². The monoisotopic (exact) mass is 370 g/mol. The first-order valence-electron chi connectivity index (χ1n) is 7.92. The Morgan fingerprint density at radius 1 is 1.36 bits per heavy atom. The van der Waals surface area contributed by atoms with Crippen molar-refractivity contribution in [3.05, 3.63) is 21.0 Å². The molecule has 2 aliphatic rings. The Balaban J connectivity index is 1.67. The van der Waals surface area contributed by atoms with Crippen LogP contribution in [0.2, 0.25) is 0 Å². The molecular weight excluding hydrogens is 348 g/mol. The number of anilines is 1. The van der Waals surface area contributed by atoms with Crippen molar-refractivity contribution in [1.82, 2.24) is 14.7 Å². The van der Waals surface area contributed by atoms with Gasteiger partial charge in [0.25, 0.3) is 5.56 Å². The molecule has 0 aromatic carbocycles. The minimum absolute atomic E-state index is 0.0761. The molecule has 3 rings (SSSR count). The summed E-state index contributed by atoms with van der Waals surface area (Å²) >= 11 is 3.44. The van der Waals surface area contributed by atoms with Gasteiger partial charge in [-0.3, -0.25) is 9.69 Å². The molecule has 1 aromatic heterocycles. The second-order valence-electron chi connectivity index (χ2n) is 6.14. The van der Waals surface area contributed by atoms with Crippen LogP contribution in [-0.4, -0.2) is 60.6 Å². The van der Waals surface area contributed by atoms with Crippen LogP contribution in [0.4, 0.5) is 5.69 Å². The van der Waals surface area contributed by atoms with E-state index in [1.807, 2.05) is 0 Å². The number of hydrogen-bond acceptors (Lipinski definition) is 5. The highest BCUT2D eigenvalue weighted by atomic mass is 79.9. The summed E-state index contributed by atoms with van der Waals surface area (Å²) in [6, 6.07) is 0. The molecule has 0 N–H and O–H groups in total. The van der Waals surface area contributed by atoms with Gasteiger partial charge < -0.3 is 9.64 Å². The van der Waals surface area contributed by atoms with Crippen LogP contribution in [0, 0.1) is 5.92 Å². The number of nitrogens with zero attached hydrogens (tertiary/aromatic N) is 4. The molecule has 1 aromatic rings. The van der Waals surface area contributed by atoms with Crippen molar-refractivity contribution >= 4 is 21.6 Å². The largest absolute Gasteiger partial charge is 0.379 e. The Morgan fingerprint density at radius 3 is 2.91 bits per heavy atom. The van der Waals surface area contributed by atoms with Crippen LogP contribution in [-0.2, 0) is 11.8 Å². The van der Waals surface area contributed by atoms with E-state index < -0.39 is 0 Å². The van der Waals surface area contributed by atoms with Crippen molar-refractivity contribution in [2.45, 2.75) is 12.8 Å². The van der Waals surface area contributed by atoms with Crippen LogP contribution in [0.15, 0.2) is 15.5 Å². The molecule has 22 heavy (non-hydrogen) atoms. The smallest absolute Gasteiger partial charge is 0.282 e. The molecule has 2 aliphatic heterocycles. The van der Waals surface area contributed by atoms with E-state index in [9.17, 15) is 4.79 Å². The normalized spacial score (nSPS) is 23.7. The molecule has 122 valence electrons. The topological polar surface area (TPSA) is 50.6 Å². The third kappa shape index (κ3) is 3.52. The standard InChI is InChI=1S/C15H23BrN4O2/c1-18-15(21)14(16)13(9-17-18)20-4-2-3-12(11-20)10-19-5-7-22-8-6-19/h9,12H,2-8,10-11H2,1H3. The maximum atomic E-state index is 12.0. The van der Waals surface area contributed by atoms with Gasteiger partial charge in [0.05, 0.1) is 25.1 Å². The zero-order valence-corrected chi connectivity index (χ0v) is 14.6. The number of halogens is 1. The van der Waals surface area contributed by atoms with Crippen molar-refractivity contribution in [2.75, 3.05) is 50.8 Å². The lowest BCUT2D eigenvalue weighted by molar-refractivity contribution is 0.0296. The van der Waals surface area contributed by atoms with E-state index >= 15 is 0 Å². The fourth-order valence-electron chi connectivity index (χ4n) is 3.30. The zero-order valence-electron chi connectivity index (χ0n) is 13.0. The van der Waals surface area contributed by atoms with E-state index in [0.717, 1.165) is 58.0 Å². The molecule has 6 nitrogen and oxygen atoms in total.